The summed E-state index contributed by atoms with van der Waals surface area (Å²) in [5.41, 5.74) is 5.04. The van der Waals surface area contributed by atoms with Gasteiger partial charge < -0.3 is 19.9 Å². The molecule has 3 aromatic rings. The Morgan fingerprint density at radius 3 is 2.50 bits per heavy atom. The first-order valence-corrected chi connectivity index (χ1v) is 11.1. The van der Waals surface area contributed by atoms with Crippen LogP contribution in [0.2, 0.25) is 0 Å². The molecule has 0 saturated heterocycles. The molecule has 2 aromatic heterocycles. The molecule has 7 nitrogen and oxygen atoms in total. The lowest BCUT2D eigenvalue weighted by Gasteiger charge is -2.14. The van der Waals surface area contributed by atoms with Crippen molar-refractivity contribution in [1.82, 2.24) is 9.55 Å². The molecule has 0 unspecified atom stereocenters. The van der Waals surface area contributed by atoms with Gasteiger partial charge in [-0.25, -0.2) is 9.78 Å². The zero-order valence-corrected chi connectivity index (χ0v) is 19.1. The largest absolute Gasteiger partial charge is 0.464 e. The summed E-state index contributed by atoms with van der Waals surface area (Å²) in [6.45, 7) is 6.31. The number of anilines is 2. The van der Waals surface area contributed by atoms with E-state index < -0.39 is 5.97 Å². The summed E-state index contributed by atoms with van der Waals surface area (Å²) in [5.74, 6) is -0.286. The number of rotatable bonds is 7. The maximum Gasteiger partial charge on any atom is 0.356 e. The second-order valence-corrected chi connectivity index (χ2v) is 8.84. The summed E-state index contributed by atoms with van der Waals surface area (Å²) in [6, 6.07) is 10.7. The topological polar surface area (TPSA) is 85.2 Å². The fourth-order valence-corrected chi connectivity index (χ4v) is 4.42. The van der Waals surface area contributed by atoms with Crippen molar-refractivity contribution >= 4 is 34.3 Å². The summed E-state index contributed by atoms with van der Waals surface area (Å²) < 4.78 is 6.92. The third-order valence-electron chi connectivity index (χ3n) is 5.93. The molecule has 0 radical (unpaired) electrons. The van der Waals surface area contributed by atoms with Gasteiger partial charge in [-0.1, -0.05) is 38.1 Å². The molecular formula is C25H30N4O3. The van der Waals surface area contributed by atoms with Crippen LogP contribution in [0.3, 0.4) is 0 Å². The van der Waals surface area contributed by atoms with Crippen LogP contribution >= 0.6 is 0 Å². The van der Waals surface area contributed by atoms with Gasteiger partial charge in [0, 0.05) is 24.9 Å². The molecule has 7 heteroatoms. The number of hydrogen-bond donors (Lipinski definition) is 2. The Morgan fingerprint density at radius 1 is 1.22 bits per heavy atom. The standard InChI is InChI=1S/C25H30N4O3/c1-15(2)9-10-29-23(25(31)32-4)22(27-16(3)30)21-13-20(14-26-24(21)29)28-19-11-17-7-5-6-8-18(17)12-19/h5-8,13-15,19,28H,9-12H2,1-4H3,(H,27,30). The number of nitrogens with zero attached hydrogens (tertiary/aromatic N) is 2. The maximum atomic E-state index is 12.7. The first-order chi connectivity index (χ1) is 15.4. The Morgan fingerprint density at radius 2 is 1.91 bits per heavy atom. The number of fused-ring (bicyclic) bond motifs is 2. The maximum absolute atomic E-state index is 12.7. The van der Waals surface area contributed by atoms with Crippen molar-refractivity contribution in [2.24, 2.45) is 5.92 Å². The number of aryl methyl sites for hydroxylation is 1. The average molecular weight is 435 g/mol. The van der Waals surface area contributed by atoms with Crippen molar-refractivity contribution in [3.05, 3.63) is 53.3 Å². The number of esters is 1. The van der Waals surface area contributed by atoms with Crippen molar-refractivity contribution in [1.29, 1.82) is 0 Å². The number of nitrogens with one attached hydrogen (secondary N) is 2. The molecule has 0 fully saturated rings. The molecule has 1 aromatic carbocycles. The van der Waals surface area contributed by atoms with Crippen LogP contribution in [0.5, 0.6) is 0 Å². The Balaban J connectivity index is 1.73. The number of ether oxygens (including phenoxy) is 1. The van der Waals surface area contributed by atoms with Crippen molar-refractivity contribution < 1.29 is 14.3 Å². The summed E-state index contributed by atoms with van der Waals surface area (Å²) >= 11 is 0. The van der Waals surface area contributed by atoms with E-state index in [1.807, 2.05) is 10.6 Å². The van der Waals surface area contributed by atoms with Crippen LogP contribution in [-0.2, 0) is 28.9 Å². The Bertz CT molecular complexity index is 1140. The lowest BCUT2D eigenvalue weighted by Crippen LogP contribution is -2.19. The lowest BCUT2D eigenvalue weighted by atomic mass is 10.1. The fraction of sp³-hybridized carbons (Fsp3) is 0.400. The molecule has 1 aliphatic rings. The molecule has 0 aliphatic heterocycles. The number of pyridine rings is 1. The van der Waals surface area contributed by atoms with Gasteiger partial charge in [0.05, 0.1) is 24.7 Å². The van der Waals surface area contributed by atoms with Gasteiger partial charge >= 0.3 is 5.97 Å². The van der Waals surface area contributed by atoms with Gasteiger partial charge in [0.25, 0.3) is 0 Å². The van der Waals surface area contributed by atoms with E-state index in [2.05, 4.69) is 48.7 Å². The van der Waals surface area contributed by atoms with Crippen molar-refractivity contribution in [2.75, 3.05) is 17.7 Å². The Kier molecular flexibility index (Phi) is 6.17. The highest BCUT2D eigenvalue weighted by Gasteiger charge is 2.26. The van der Waals surface area contributed by atoms with Crippen LogP contribution in [0.1, 0.15) is 48.8 Å². The van der Waals surface area contributed by atoms with E-state index in [-0.39, 0.29) is 11.9 Å². The third kappa shape index (κ3) is 4.33. The minimum atomic E-state index is -0.490. The van der Waals surface area contributed by atoms with Gasteiger partial charge in [-0.05, 0) is 42.4 Å². The van der Waals surface area contributed by atoms with Crippen molar-refractivity contribution in [3.63, 3.8) is 0 Å². The smallest absolute Gasteiger partial charge is 0.356 e. The molecule has 168 valence electrons. The molecule has 0 atom stereocenters. The fourth-order valence-electron chi connectivity index (χ4n) is 4.42. The molecule has 32 heavy (non-hydrogen) atoms. The van der Waals surface area contributed by atoms with E-state index in [4.69, 9.17) is 9.72 Å². The van der Waals surface area contributed by atoms with E-state index >= 15 is 0 Å². The van der Waals surface area contributed by atoms with Gasteiger partial charge in [0.2, 0.25) is 5.91 Å². The summed E-state index contributed by atoms with van der Waals surface area (Å²) in [5, 5.41) is 7.16. The van der Waals surface area contributed by atoms with Crippen LogP contribution in [0.15, 0.2) is 36.5 Å². The predicted octanol–water partition coefficient (Wildman–Crippen LogP) is 4.41. The van der Waals surface area contributed by atoms with Crippen LogP contribution < -0.4 is 10.6 Å². The molecule has 0 spiro atoms. The second kappa shape index (κ2) is 9.02. The molecule has 0 bridgehead atoms. The van der Waals surface area contributed by atoms with E-state index in [0.29, 0.717) is 29.5 Å². The van der Waals surface area contributed by atoms with Crippen LogP contribution in [-0.4, -0.2) is 34.6 Å². The number of carbonyl (C=O) groups excluding carboxylic acids is 2. The highest BCUT2D eigenvalue weighted by Crippen LogP contribution is 2.34. The van der Waals surface area contributed by atoms with Crippen LogP contribution in [0.4, 0.5) is 11.4 Å². The predicted molar refractivity (Wildman–Crippen MR) is 126 cm³/mol. The highest BCUT2D eigenvalue weighted by atomic mass is 16.5. The zero-order valence-electron chi connectivity index (χ0n) is 19.1. The molecule has 2 heterocycles. The number of methoxy groups -OCH3 is 1. The minimum absolute atomic E-state index is 0.248. The highest BCUT2D eigenvalue weighted by molar-refractivity contribution is 6.10. The van der Waals surface area contributed by atoms with Gasteiger partial charge in [-0.3, -0.25) is 4.79 Å². The van der Waals surface area contributed by atoms with Crippen molar-refractivity contribution in [2.45, 2.75) is 52.6 Å². The monoisotopic (exact) mass is 434 g/mol. The van der Waals surface area contributed by atoms with Crippen LogP contribution in [0.25, 0.3) is 11.0 Å². The minimum Gasteiger partial charge on any atom is -0.464 e. The SMILES string of the molecule is COC(=O)c1c(NC(C)=O)c2cc(NC3Cc4ccccc4C3)cnc2n1CCC(C)C. The molecular weight excluding hydrogens is 404 g/mol. The molecule has 4 rings (SSSR count). The van der Waals surface area contributed by atoms with Gasteiger partial charge in [-0.2, -0.15) is 0 Å². The number of amides is 1. The summed E-state index contributed by atoms with van der Waals surface area (Å²) in [7, 11) is 1.35. The molecule has 2 N–H and O–H groups in total. The van der Waals surface area contributed by atoms with Crippen molar-refractivity contribution in [3.8, 4) is 0 Å². The van der Waals surface area contributed by atoms with E-state index in [1.165, 1.54) is 25.2 Å². The zero-order chi connectivity index (χ0) is 22.8. The molecule has 1 aliphatic carbocycles. The Hall–Kier alpha value is -3.35. The average Bonchev–Trinajstić information content (AvgIpc) is 3.29. The Labute approximate surface area is 188 Å². The molecule has 0 saturated carbocycles. The summed E-state index contributed by atoms with van der Waals surface area (Å²) in [4.78, 5) is 29.4. The van der Waals surface area contributed by atoms with E-state index in [0.717, 1.165) is 30.3 Å². The third-order valence-corrected chi connectivity index (χ3v) is 5.93. The van der Waals surface area contributed by atoms with Gasteiger partial charge in [0.1, 0.15) is 5.65 Å². The molecule has 1 amide bonds. The first kappa shape index (κ1) is 21.9. The normalized spacial score (nSPS) is 13.4. The quantitative estimate of drug-likeness (QED) is 0.538. The first-order valence-electron chi connectivity index (χ1n) is 11.1. The van der Waals surface area contributed by atoms with Gasteiger partial charge in [0.15, 0.2) is 5.69 Å². The van der Waals surface area contributed by atoms with Crippen LogP contribution in [0, 0.1) is 5.92 Å². The van der Waals surface area contributed by atoms with E-state index in [1.54, 1.807) is 6.20 Å². The van der Waals surface area contributed by atoms with E-state index in [9.17, 15) is 9.59 Å². The number of aromatic nitrogens is 2. The second-order valence-electron chi connectivity index (χ2n) is 8.84. The number of benzene rings is 1. The summed E-state index contributed by atoms with van der Waals surface area (Å²) in [6.07, 6.45) is 4.58. The number of carbonyl (C=O) groups is 2. The number of hydrogen-bond acceptors (Lipinski definition) is 5. The van der Waals surface area contributed by atoms with Gasteiger partial charge in [-0.15, -0.1) is 0 Å². The lowest BCUT2D eigenvalue weighted by molar-refractivity contribution is -0.114.